The van der Waals surface area contributed by atoms with Crippen LogP contribution in [0.3, 0.4) is 0 Å². The molecular formula is C70H104ClF3N12O12. The van der Waals surface area contributed by atoms with Gasteiger partial charge in [0.2, 0.25) is 70.9 Å². The number of carbonyl (C=O) groups excluding carboxylic acids is 12. The van der Waals surface area contributed by atoms with E-state index in [4.69, 9.17) is 18.0 Å². The van der Waals surface area contributed by atoms with Gasteiger partial charge in [-0.2, -0.15) is 13.2 Å². The lowest BCUT2D eigenvalue weighted by Gasteiger charge is -2.40. The van der Waals surface area contributed by atoms with Crippen molar-refractivity contribution < 1.29 is 70.7 Å². The zero-order valence-electron chi connectivity index (χ0n) is 59.1. The fourth-order valence-corrected chi connectivity index (χ4v) is 14.6. The van der Waals surface area contributed by atoms with E-state index < -0.39 is 167 Å². The smallest absolute Gasteiger partial charge is 0.343 e. The summed E-state index contributed by atoms with van der Waals surface area (Å²) in [6.07, 6.45) is 8.66. The number of amides is 12. The number of carbonyl (C=O) groups is 12. The first-order valence-electron chi connectivity index (χ1n) is 34.8. The van der Waals surface area contributed by atoms with Crippen molar-refractivity contribution in [1.82, 2.24) is 60.0 Å². The number of hydrogen-bond acceptors (Lipinski definition) is 12. The van der Waals surface area contributed by atoms with Gasteiger partial charge in [0.1, 0.15) is 47.8 Å². The SMILES string of the molecule is C#CC[C@H]1C(=O)N(C)[C@H](C(=O)N2CCCCC2)CC(=O)N(C)[C@@H](CC(C)C)C(=O)N[C@@H]([C@@H](C)CC)C(=O)N(C)CC(=O)N(C)CC(=O)N(C)[C@@H](CC2CCCCC2)C(=O)N(C)CC(=O)N[C@@H](CCc2ccc(C(F)(F)F)c(Cl)c2)C(=O)N2CCCC2C(=O)NC2(CCCC2)C(=O)N1C. The van der Waals surface area contributed by atoms with Gasteiger partial charge < -0.3 is 60.0 Å². The van der Waals surface area contributed by atoms with E-state index in [0.29, 0.717) is 51.6 Å². The molecule has 6 rings (SSSR count). The standard InChI is InChI=1S/C70H104ClF3N12O12/c1-13-24-52-65(95)83(11)55(66(96)85-34-21-16-22-35-85)40-57(88)81(9)53(37-44(3)4)61(91)76-60(45(5)14-2)67(97)80(8)42-58(89)78(6)43-59(90)82(10)54(39-46-25-17-15-18-26-46)64(94)79(7)41-56(87)75-50(31-29-47-28-30-48(49(71)38-47)70(72,73)74)63(93)86-36-23-27-51(86)62(92)77-69(32-19-20-33-69)68(98)84(52)12/h1,28,30,38,44-46,50-55,60H,14-27,29,31-37,39-43H2,2-12H3,(H,75,87)(H,76,91)(H,77,92)/t45-,50-,51?,52-,53-,54-,55-,60-/m0/s1. The van der Waals surface area contributed by atoms with Crippen molar-refractivity contribution in [3.63, 3.8) is 0 Å². The number of piperidine rings is 1. The van der Waals surface area contributed by atoms with E-state index in [2.05, 4.69) is 21.9 Å². The number of alkyl halides is 3. The first kappa shape index (κ1) is 79.5. The minimum absolute atomic E-state index is 0.0123. The fourth-order valence-electron chi connectivity index (χ4n) is 14.3. The zero-order valence-corrected chi connectivity index (χ0v) is 59.9. The number of rotatable bonds is 11. The number of likely N-dealkylation sites (tertiary alicyclic amines) is 1. The van der Waals surface area contributed by atoms with Gasteiger partial charge in [0.15, 0.2) is 0 Å². The van der Waals surface area contributed by atoms with Crippen molar-refractivity contribution in [1.29, 1.82) is 0 Å². The van der Waals surface area contributed by atoms with E-state index in [-0.39, 0.29) is 75.3 Å². The molecule has 8 atom stereocenters. The number of terminal acetylenes is 1. The molecular weight excluding hydrogens is 1290 g/mol. The topological polar surface area (TPSA) is 270 Å². The average molecular weight is 1400 g/mol. The van der Waals surface area contributed by atoms with Crippen LogP contribution >= 0.6 is 11.6 Å². The Balaban J connectivity index is 1.42. The number of nitrogens with zero attached hydrogens (tertiary/aromatic N) is 9. The van der Waals surface area contributed by atoms with Crippen LogP contribution in [0.1, 0.15) is 167 Å². The van der Waals surface area contributed by atoms with Crippen LogP contribution in [0.2, 0.25) is 5.02 Å². The molecule has 3 heterocycles. The number of halogens is 4. The number of nitrogens with one attached hydrogen (secondary N) is 3. The first-order chi connectivity index (χ1) is 46.2. The van der Waals surface area contributed by atoms with Gasteiger partial charge in [-0.3, -0.25) is 57.5 Å². The van der Waals surface area contributed by atoms with Gasteiger partial charge >= 0.3 is 6.18 Å². The molecule has 1 aromatic rings. The molecule has 12 amide bonds. The molecule has 0 aromatic heterocycles. The van der Waals surface area contributed by atoms with Crippen molar-refractivity contribution >= 4 is 82.5 Å². The molecule has 2 saturated carbocycles. The van der Waals surface area contributed by atoms with Crippen molar-refractivity contribution in [3.05, 3.63) is 34.3 Å². The molecule has 544 valence electrons. The molecule has 0 bridgehead atoms. The number of fused-ring (bicyclic) bond motifs is 1. The normalized spacial score (nSPS) is 26.0. The van der Waals surface area contributed by atoms with Crippen molar-refractivity contribution in [3.8, 4) is 12.3 Å². The highest BCUT2D eigenvalue weighted by Crippen LogP contribution is 2.37. The van der Waals surface area contributed by atoms with Crippen LogP contribution in [0.15, 0.2) is 18.2 Å². The molecule has 0 radical (unpaired) electrons. The predicted octanol–water partition coefficient (Wildman–Crippen LogP) is 4.87. The molecule has 5 aliphatic rings. The zero-order chi connectivity index (χ0) is 72.7. The highest BCUT2D eigenvalue weighted by Gasteiger charge is 2.50. The average Bonchev–Trinajstić information content (AvgIpc) is 1.58. The summed E-state index contributed by atoms with van der Waals surface area (Å²) in [5.41, 5.74) is -2.43. The number of hydrogen-bond donors (Lipinski definition) is 3. The molecule has 1 spiro atoms. The summed E-state index contributed by atoms with van der Waals surface area (Å²) in [4.78, 5) is 188. The second-order valence-corrected chi connectivity index (χ2v) is 28.7. The molecule has 98 heavy (non-hydrogen) atoms. The van der Waals surface area contributed by atoms with Crippen LogP contribution < -0.4 is 16.0 Å². The lowest BCUT2D eigenvalue weighted by molar-refractivity contribution is -0.155. The largest absolute Gasteiger partial charge is 0.417 e. The molecule has 1 unspecified atom stereocenters. The van der Waals surface area contributed by atoms with E-state index >= 15 is 14.4 Å². The molecule has 3 saturated heterocycles. The molecule has 28 heteroatoms. The number of benzene rings is 1. The molecule has 1 aromatic carbocycles. The quantitative estimate of drug-likeness (QED) is 0.251. The summed E-state index contributed by atoms with van der Waals surface area (Å²) in [6, 6.07) is -6.02. The summed E-state index contributed by atoms with van der Waals surface area (Å²) in [6.45, 7) is 6.23. The fraction of sp³-hybridized carbons (Fsp3) is 0.714. The second kappa shape index (κ2) is 35.5. The van der Waals surface area contributed by atoms with Gasteiger partial charge in [-0.25, -0.2) is 0 Å². The lowest BCUT2D eigenvalue weighted by Crippen LogP contribution is -2.64. The van der Waals surface area contributed by atoms with Crippen molar-refractivity contribution in [2.75, 3.05) is 88.6 Å². The predicted molar refractivity (Wildman–Crippen MR) is 360 cm³/mol. The maximum absolute atomic E-state index is 15.3. The summed E-state index contributed by atoms with van der Waals surface area (Å²) >= 11 is 6.13. The Morgan fingerprint density at radius 3 is 1.88 bits per heavy atom. The van der Waals surface area contributed by atoms with Crippen LogP contribution in [0.4, 0.5) is 13.2 Å². The van der Waals surface area contributed by atoms with Gasteiger partial charge in [0.05, 0.1) is 36.6 Å². The third-order valence-corrected chi connectivity index (χ3v) is 21.0. The Morgan fingerprint density at radius 1 is 0.663 bits per heavy atom. The van der Waals surface area contributed by atoms with Crippen LogP contribution in [0, 0.1) is 30.1 Å². The Morgan fingerprint density at radius 2 is 1.28 bits per heavy atom. The van der Waals surface area contributed by atoms with Gasteiger partial charge in [-0.1, -0.05) is 96.7 Å². The Labute approximate surface area is 580 Å². The molecule has 3 aliphatic heterocycles. The minimum atomic E-state index is -4.77. The van der Waals surface area contributed by atoms with Crippen LogP contribution in [0.25, 0.3) is 0 Å². The monoisotopic (exact) mass is 1400 g/mol. The van der Waals surface area contributed by atoms with Gasteiger partial charge in [0, 0.05) is 75.4 Å². The third-order valence-electron chi connectivity index (χ3n) is 20.6. The Bertz CT molecular complexity index is 3110. The number of likely N-dealkylation sites (N-methyl/N-ethyl adjacent to an activating group) is 7. The van der Waals surface area contributed by atoms with Crippen molar-refractivity contribution in [2.45, 2.75) is 217 Å². The van der Waals surface area contributed by atoms with E-state index in [0.717, 1.165) is 75.2 Å². The van der Waals surface area contributed by atoms with Gasteiger partial charge in [0.25, 0.3) is 0 Å². The van der Waals surface area contributed by atoms with Crippen LogP contribution in [0.5, 0.6) is 0 Å². The summed E-state index contributed by atoms with van der Waals surface area (Å²) in [5, 5.41) is 8.00. The van der Waals surface area contributed by atoms with E-state index in [1.54, 1.807) is 11.8 Å². The Hall–Kier alpha value is -7.50. The van der Waals surface area contributed by atoms with Crippen molar-refractivity contribution in [2.24, 2.45) is 17.8 Å². The van der Waals surface area contributed by atoms with Crippen LogP contribution in [-0.2, 0) is 70.1 Å². The van der Waals surface area contributed by atoms with E-state index in [1.807, 2.05) is 20.8 Å². The molecule has 5 fully saturated rings. The lowest BCUT2D eigenvalue weighted by atomic mass is 9.84. The number of aryl methyl sites for hydroxylation is 1. The van der Waals surface area contributed by atoms with Crippen LogP contribution in [-0.4, -0.2) is 251 Å². The highest BCUT2D eigenvalue weighted by molar-refractivity contribution is 6.31. The van der Waals surface area contributed by atoms with E-state index in [9.17, 15) is 56.3 Å². The summed E-state index contributed by atoms with van der Waals surface area (Å²) in [7, 11) is 9.65. The first-order valence-corrected chi connectivity index (χ1v) is 35.1. The molecule has 2 aliphatic carbocycles. The minimum Gasteiger partial charge on any atom is -0.343 e. The summed E-state index contributed by atoms with van der Waals surface area (Å²) in [5.74, 6) is -6.49. The maximum Gasteiger partial charge on any atom is 0.417 e. The highest BCUT2D eigenvalue weighted by atomic mass is 35.5. The second-order valence-electron chi connectivity index (χ2n) is 28.3. The van der Waals surface area contributed by atoms with Gasteiger partial charge in [-0.05, 0) is 106 Å². The molecule has 24 nitrogen and oxygen atoms in total. The summed E-state index contributed by atoms with van der Waals surface area (Å²) < 4.78 is 41.5. The Kier molecular flexibility index (Phi) is 28.8. The molecule has 3 N–H and O–H groups in total. The third kappa shape index (κ3) is 20.1. The maximum atomic E-state index is 15.3. The van der Waals surface area contributed by atoms with Gasteiger partial charge in [-0.15, -0.1) is 12.3 Å². The van der Waals surface area contributed by atoms with E-state index in [1.165, 1.54) is 70.1 Å².